The molecule has 1 N–H and O–H groups in total. The number of halogens is 1. The summed E-state index contributed by atoms with van der Waals surface area (Å²) in [6, 6.07) is 4.24. The lowest BCUT2D eigenvalue weighted by Gasteiger charge is -2.31. The van der Waals surface area contributed by atoms with E-state index >= 15 is 0 Å². The van der Waals surface area contributed by atoms with Crippen molar-refractivity contribution < 1.29 is 14.3 Å². The first-order valence-corrected chi connectivity index (χ1v) is 6.10. The number of pyridine rings is 1. The second-order valence-corrected chi connectivity index (χ2v) is 4.53. The van der Waals surface area contributed by atoms with Gasteiger partial charge in [-0.15, -0.1) is 12.4 Å². The molecule has 3 heterocycles. The highest BCUT2D eigenvalue weighted by atomic mass is 35.5. The highest BCUT2D eigenvalue weighted by Gasteiger charge is 2.23. The maximum absolute atomic E-state index is 10.8. The fourth-order valence-electron chi connectivity index (χ4n) is 2.13. The van der Waals surface area contributed by atoms with Crippen molar-refractivity contribution in [1.82, 2.24) is 14.9 Å². The minimum Gasteiger partial charge on any atom is -0.465 e. The van der Waals surface area contributed by atoms with Crippen molar-refractivity contribution in [3.63, 3.8) is 0 Å². The minimum atomic E-state index is -0.880. The minimum absolute atomic E-state index is 0. The summed E-state index contributed by atoms with van der Waals surface area (Å²) in [5.74, 6) is 0. The van der Waals surface area contributed by atoms with Crippen LogP contribution in [-0.2, 0) is 0 Å². The average Bonchev–Trinajstić information content (AvgIpc) is 2.81. The number of aromatic nitrogens is 2. The van der Waals surface area contributed by atoms with E-state index in [0.29, 0.717) is 43.4 Å². The lowest BCUT2D eigenvalue weighted by molar-refractivity contribution is 0.142. The summed E-state index contributed by atoms with van der Waals surface area (Å²) in [7, 11) is 0. The van der Waals surface area contributed by atoms with Crippen molar-refractivity contribution in [3.05, 3.63) is 17.8 Å². The first kappa shape index (κ1) is 14.4. The van der Waals surface area contributed by atoms with E-state index in [0.717, 1.165) is 5.69 Å². The van der Waals surface area contributed by atoms with Crippen molar-refractivity contribution in [2.45, 2.75) is 6.92 Å². The van der Waals surface area contributed by atoms with Gasteiger partial charge in [0.2, 0.25) is 5.65 Å². The van der Waals surface area contributed by atoms with Gasteiger partial charge in [0.05, 0.1) is 0 Å². The maximum atomic E-state index is 10.8. The Balaban J connectivity index is 0.00000147. The molecule has 20 heavy (non-hydrogen) atoms. The standard InChI is InChI=1S/C12H14N4O3.ClH/c1-8-2-3-9-10(13-8)14-11(19-9)15-4-6-16(7-5-15)12(17)18;/h2-3H,4-7H2,1H3,(H,17,18);1H. The van der Waals surface area contributed by atoms with Crippen molar-refractivity contribution in [2.75, 3.05) is 31.1 Å². The number of nitrogens with zero attached hydrogens (tertiary/aromatic N) is 4. The van der Waals surface area contributed by atoms with E-state index < -0.39 is 6.09 Å². The fourth-order valence-corrected chi connectivity index (χ4v) is 2.13. The molecule has 0 aromatic carbocycles. The molecule has 2 aromatic heterocycles. The molecule has 1 saturated heterocycles. The molecule has 0 saturated carbocycles. The number of anilines is 1. The highest BCUT2D eigenvalue weighted by Crippen LogP contribution is 2.21. The van der Waals surface area contributed by atoms with Crippen LogP contribution in [0.4, 0.5) is 10.8 Å². The summed E-state index contributed by atoms with van der Waals surface area (Å²) >= 11 is 0. The predicted octanol–water partition coefficient (Wildman–Crippen LogP) is 1.75. The van der Waals surface area contributed by atoms with Gasteiger partial charge in [0.25, 0.3) is 6.01 Å². The van der Waals surface area contributed by atoms with Crippen LogP contribution in [0.15, 0.2) is 16.5 Å². The summed E-state index contributed by atoms with van der Waals surface area (Å²) < 4.78 is 5.64. The Morgan fingerprint density at radius 1 is 1.25 bits per heavy atom. The van der Waals surface area contributed by atoms with Crippen LogP contribution < -0.4 is 4.90 Å². The first-order chi connectivity index (χ1) is 9.13. The molecule has 1 aliphatic heterocycles. The molecule has 0 aliphatic carbocycles. The Kier molecular flexibility index (Phi) is 3.99. The molecule has 7 nitrogen and oxygen atoms in total. The van der Waals surface area contributed by atoms with Gasteiger partial charge in [-0.3, -0.25) is 0 Å². The number of hydrogen-bond acceptors (Lipinski definition) is 5. The number of oxazole rings is 1. The normalized spacial score (nSPS) is 15.2. The molecule has 0 unspecified atom stereocenters. The number of piperazine rings is 1. The predicted molar refractivity (Wildman–Crippen MR) is 75.6 cm³/mol. The van der Waals surface area contributed by atoms with E-state index in [1.807, 2.05) is 24.0 Å². The van der Waals surface area contributed by atoms with E-state index in [2.05, 4.69) is 9.97 Å². The average molecular weight is 299 g/mol. The topological polar surface area (TPSA) is 82.7 Å². The quantitative estimate of drug-likeness (QED) is 0.863. The lowest BCUT2D eigenvalue weighted by Crippen LogP contribution is -2.48. The molecule has 1 aliphatic rings. The fraction of sp³-hybridized carbons (Fsp3) is 0.417. The van der Waals surface area contributed by atoms with Gasteiger partial charge in [-0.1, -0.05) is 0 Å². The molecular formula is C12H15ClN4O3. The third-order valence-electron chi connectivity index (χ3n) is 3.20. The van der Waals surface area contributed by atoms with E-state index in [1.54, 1.807) is 0 Å². The van der Waals surface area contributed by atoms with E-state index in [1.165, 1.54) is 4.90 Å². The number of carboxylic acid groups (broad SMARTS) is 1. The third-order valence-corrected chi connectivity index (χ3v) is 3.20. The van der Waals surface area contributed by atoms with Crippen molar-refractivity contribution >= 4 is 35.7 Å². The zero-order chi connectivity index (χ0) is 13.4. The summed E-state index contributed by atoms with van der Waals surface area (Å²) in [6.45, 7) is 3.98. The molecule has 2 aromatic rings. The van der Waals surface area contributed by atoms with Crippen molar-refractivity contribution in [1.29, 1.82) is 0 Å². The summed E-state index contributed by atoms with van der Waals surface area (Å²) in [4.78, 5) is 22.8. The van der Waals surface area contributed by atoms with E-state index in [-0.39, 0.29) is 12.4 Å². The molecule has 1 fully saturated rings. The van der Waals surface area contributed by atoms with Crippen molar-refractivity contribution in [2.24, 2.45) is 0 Å². The molecule has 1 amide bonds. The van der Waals surface area contributed by atoms with Crippen LogP contribution in [0, 0.1) is 6.92 Å². The number of hydrogen-bond donors (Lipinski definition) is 1. The lowest BCUT2D eigenvalue weighted by atomic mass is 10.3. The van der Waals surface area contributed by atoms with Crippen molar-refractivity contribution in [3.8, 4) is 0 Å². The highest BCUT2D eigenvalue weighted by molar-refractivity contribution is 5.85. The van der Waals surface area contributed by atoms with Crippen LogP contribution in [0.1, 0.15) is 5.69 Å². The Labute approximate surface area is 121 Å². The van der Waals surface area contributed by atoms with Gasteiger partial charge >= 0.3 is 6.09 Å². The van der Waals surface area contributed by atoms with Gasteiger partial charge in [0.15, 0.2) is 5.58 Å². The van der Waals surface area contributed by atoms with Gasteiger partial charge in [-0.05, 0) is 19.1 Å². The van der Waals surface area contributed by atoms with Crippen LogP contribution in [0.5, 0.6) is 0 Å². The first-order valence-electron chi connectivity index (χ1n) is 6.10. The summed E-state index contributed by atoms with van der Waals surface area (Å²) in [5, 5.41) is 8.90. The molecule has 3 rings (SSSR count). The summed E-state index contributed by atoms with van der Waals surface area (Å²) in [5.41, 5.74) is 2.14. The van der Waals surface area contributed by atoms with Crippen LogP contribution >= 0.6 is 12.4 Å². The van der Waals surface area contributed by atoms with E-state index in [9.17, 15) is 4.79 Å². The molecule has 0 radical (unpaired) electrons. The smallest absolute Gasteiger partial charge is 0.407 e. The molecular weight excluding hydrogens is 284 g/mol. The Morgan fingerprint density at radius 3 is 2.60 bits per heavy atom. The van der Waals surface area contributed by atoms with Gasteiger partial charge in [0.1, 0.15) is 0 Å². The zero-order valence-corrected chi connectivity index (χ0v) is 11.8. The molecule has 0 bridgehead atoms. The molecule has 0 spiro atoms. The molecule has 8 heteroatoms. The summed E-state index contributed by atoms with van der Waals surface area (Å²) in [6.07, 6.45) is -0.880. The Hall–Kier alpha value is -2.02. The zero-order valence-electron chi connectivity index (χ0n) is 10.9. The Morgan fingerprint density at radius 2 is 1.95 bits per heavy atom. The number of amides is 1. The number of aryl methyl sites for hydroxylation is 1. The van der Waals surface area contributed by atoms with Crippen LogP contribution in [0.3, 0.4) is 0 Å². The second-order valence-electron chi connectivity index (χ2n) is 4.53. The monoisotopic (exact) mass is 298 g/mol. The largest absolute Gasteiger partial charge is 0.465 e. The maximum Gasteiger partial charge on any atom is 0.407 e. The second kappa shape index (κ2) is 5.54. The van der Waals surface area contributed by atoms with Crippen LogP contribution in [0.25, 0.3) is 11.2 Å². The van der Waals surface area contributed by atoms with Gasteiger partial charge in [-0.25, -0.2) is 9.78 Å². The van der Waals surface area contributed by atoms with Gasteiger partial charge in [0, 0.05) is 31.9 Å². The van der Waals surface area contributed by atoms with Crippen LogP contribution in [0.2, 0.25) is 0 Å². The SMILES string of the molecule is Cc1ccc2oc(N3CCN(C(=O)O)CC3)nc2n1.Cl. The van der Waals surface area contributed by atoms with Gasteiger partial charge < -0.3 is 19.3 Å². The molecule has 108 valence electrons. The number of carbonyl (C=O) groups is 1. The van der Waals surface area contributed by atoms with Crippen LogP contribution in [-0.4, -0.2) is 52.2 Å². The van der Waals surface area contributed by atoms with E-state index in [4.69, 9.17) is 9.52 Å². The van der Waals surface area contributed by atoms with Gasteiger partial charge in [-0.2, -0.15) is 4.98 Å². The number of fused-ring (bicyclic) bond motifs is 1. The Bertz CT molecular complexity index is 622. The number of rotatable bonds is 1. The molecule has 0 atom stereocenters. The third kappa shape index (κ3) is 2.62.